The van der Waals surface area contributed by atoms with E-state index in [2.05, 4.69) is 5.32 Å². The number of hydrogen-bond acceptors (Lipinski definition) is 3. The molecule has 2 atom stereocenters. The lowest BCUT2D eigenvalue weighted by molar-refractivity contribution is 0.0874. The predicted molar refractivity (Wildman–Crippen MR) is 70.2 cm³/mol. The molecule has 1 N–H and O–H groups in total. The smallest absolute Gasteiger partial charge is 0.167 e. The van der Waals surface area contributed by atoms with Crippen LogP contribution in [0, 0.1) is 5.92 Å². The molecule has 3 rings (SSSR count). The molecule has 1 aromatic rings. The zero-order valence-corrected chi connectivity index (χ0v) is 10.7. The topological polar surface area (TPSA) is 38.3 Å². The van der Waals surface area contributed by atoms with Crippen LogP contribution in [-0.4, -0.2) is 25.5 Å². The van der Waals surface area contributed by atoms with Crippen molar-refractivity contribution >= 4 is 5.78 Å². The lowest BCUT2D eigenvalue weighted by atomic mass is 9.78. The third kappa shape index (κ3) is 1.93. The Morgan fingerprint density at radius 2 is 2.22 bits per heavy atom. The first-order chi connectivity index (χ1) is 8.79. The standard InChI is InChI=1S/C15H19NO2/c1-18-11-6-4-10-5-7-12(14-3-2-8-16-14)15(17)13(10)9-11/h4,6,9,12,14,16H,2-3,5,7-8H2,1H3. The highest BCUT2D eigenvalue weighted by molar-refractivity contribution is 6.01. The number of fused-ring (bicyclic) bond motifs is 1. The maximum atomic E-state index is 12.6. The second kappa shape index (κ2) is 4.73. The Balaban J connectivity index is 1.90. The summed E-state index contributed by atoms with van der Waals surface area (Å²) in [6, 6.07) is 6.26. The summed E-state index contributed by atoms with van der Waals surface area (Å²) in [6.07, 6.45) is 4.32. The number of benzene rings is 1. The van der Waals surface area contributed by atoms with Crippen molar-refractivity contribution < 1.29 is 9.53 Å². The van der Waals surface area contributed by atoms with Crippen molar-refractivity contribution in [1.29, 1.82) is 0 Å². The number of aryl methyl sites for hydroxylation is 1. The molecule has 0 bridgehead atoms. The molecule has 1 aliphatic carbocycles. The van der Waals surface area contributed by atoms with Gasteiger partial charge >= 0.3 is 0 Å². The van der Waals surface area contributed by atoms with Crippen LogP contribution in [0.1, 0.15) is 35.2 Å². The Morgan fingerprint density at radius 3 is 2.94 bits per heavy atom. The molecule has 1 aromatic carbocycles. The molecule has 2 aliphatic rings. The largest absolute Gasteiger partial charge is 0.497 e. The molecule has 3 nitrogen and oxygen atoms in total. The molecule has 0 saturated carbocycles. The van der Waals surface area contributed by atoms with Gasteiger partial charge in [0.05, 0.1) is 7.11 Å². The number of carbonyl (C=O) groups is 1. The van der Waals surface area contributed by atoms with E-state index in [1.165, 1.54) is 12.0 Å². The normalized spacial score (nSPS) is 27.1. The number of rotatable bonds is 2. The molecule has 96 valence electrons. The average molecular weight is 245 g/mol. The molecule has 1 fully saturated rings. The van der Waals surface area contributed by atoms with Crippen LogP contribution in [0.25, 0.3) is 0 Å². The van der Waals surface area contributed by atoms with Crippen molar-refractivity contribution in [3.05, 3.63) is 29.3 Å². The van der Waals surface area contributed by atoms with Gasteiger partial charge in [-0.2, -0.15) is 0 Å². The molecular formula is C15H19NO2. The van der Waals surface area contributed by atoms with E-state index in [4.69, 9.17) is 4.74 Å². The van der Waals surface area contributed by atoms with Gasteiger partial charge in [0.25, 0.3) is 0 Å². The van der Waals surface area contributed by atoms with Crippen LogP contribution in [0.5, 0.6) is 5.75 Å². The van der Waals surface area contributed by atoms with E-state index in [0.717, 1.165) is 37.1 Å². The van der Waals surface area contributed by atoms with Crippen molar-refractivity contribution in [2.24, 2.45) is 5.92 Å². The van der Waals surface area contributed by atoms with E-state index >= 15 is 0 Å². The third-order valence-electron chi connectivity index (χ3n) is 4.23. The Morgan fingerprint density at radius 1 is 1.33 bits per heavy atom. The SMILES string of the molecule is COc1ccc2c(c1)C(=O)C(C1CCCN1)CC2. The molecule has 3 heteroatoms. The van der Waals surface area contributed by atoms with Gasteiger partial charge in [0.15, 0.2) is 5.78 Å². The number of nitrogens with one attached hydrogen (secondary N) is 1. The Bertz CT molecular complexity index is 464. The molecule has 0 spiro atoms. The van der Waals surface area contributed by atoms with Crippen molar-refractivity contribution in [3.63, 3.8) is 0 Å². The maximum Gasteiger partial charge on any atom is 0.167 e. The zero-order chi connectivity index (χ0) is 12.5. The van der Waals surface area contributed by atoms with E-state index in [1.807, 2.05) is 18.2 Å². The molecular weight excluding hydrogens is 226 g/mol. The summed E-state index contributed by atoms with van der Waals surface area (Å²) in [7, 11) is 1.64. The van der Waals surface area contributed by atoms with Crippen molar-refractivity contribution in [2.75, 3.05) is 13.7 Å². The minimum absolute atomic E-state index is 0.159. The van der Waals surface area contributed by atoms with Crippen LogP contribution >= 0.6 is 0 Å². The molecule has 0 amide bonds. The number of carbonyl (C=O) groups excluding carboxylic acids is 1. The summed E-state index contributed by atoms with van der Waals surface area (Å²) >= 11 is 0. The first-order valence-electron chi connectivity index (χ1n) is 6.74. The van der Waals surface area contributed by atoms with E-state index in [1.54, 1.807) is 7.11 Å². The van der Waals surface area contributed by atoms with Crippen LogP contribution in [-0.2, 0) is 6.42 Å². The quantitative estimate of drug-likeness (QED) is 0.868. The fourth-order valence-corrected chi connectivity index (χ4v) is 3.21. The van der Waals surface area contributed by atoms with Gasteiger partial charge in [0.1, 0.15) is 5.75 Å². The van der Waals surface area contributed by atoms with Gasteiger partial charge in [-0.25, -0.2) is 0 Å². The predicted octanol–water partition coefficient (Wildman–Crippen LogP) is 2.19. The van der Waals surface area contributed by atoms with Crippen molar-refractivity contribution in [3.8, 4) is 5.75 Å². The highest BCUT2D eigenvalue weighted by Gasteiger charge is 2.34. The monoisotopic (exact) mass is 245 g/mol. The van der Waals surface area contributed by atoms with Gasteiger partial charge in [-0.05, 0) is 49.9 Å². The highest BCUT2D eigenvalue weighted by Crippen LogP contribution is 2.32. The number of methoxy groups -OCH3 is 1. The Hall–Kier alpha value is -1.35. The second-order valence-electron chi connectivity index (χ2n) is 5.24. The minimum Gasteiger partial charge on any atom is -0.497 e. The van der Waals surface area contributed by atoms with Gasteiger partial charge in [0, 0.05) is 17.5 Å². The summed E-state index contributed by atoms with van der Waals surface area (Å²) in [6.45, 7) is 1.05. The molecule has 1 saturated heterocycles. The van der Waals surface area contributed by atoms with Crippen LogP contribution < -0.4 is 10.1 Å². The minimum atomic E-state index is 0.159. The van der Waals surface area contributed by atoms with Gasteiger partial charge < -0.3 is 10.1 Å². The van der Waals surface area contributed by atoms with E-state index < -0.39 is 0 Å². The van der Waals surface area contributed by atoms with Gasteiger partial charge in [-0.15, -0.1) is 0 Å². The summed E-state index contributed by atoms with van der Waals surface area (Å²) < 4.78 is 5.22. The van der Waals surface area contributed by atoms with Gasteiger partial charge in [0.2, 0.25) is 0 Å². The lowest BCUT2D eigenvalue weighted by Gasteiger charge is -2.28. The van der Waals surface area contributed by atoms with Crippen LogP contribution in [0.4, 0.5) is 0 Å². The third-order valence-corrected chi connectivity index (χ3v) is 4.23. The average Bonchev–Trinajstić information content (AvgIpc) is 2.93. The lowest BCUT2D eigenvalue weighted by Crippen LogP contribution is -2.38. The van der Waals surface area contributed by atoms with Crippen LogP contribution in [0.15, 0.2) is 18.2 Å². The molecule has 0 aromatic heterocycles. The molecule has 1 heterocycles. The Labute approximate surface area is 108 Å². The number of Topliss-reactive ketones (excluding diaryl/α,β-unsaturated/α-hetero) is 1. The first kappa shape index (κ1) is 11.7. The summed E-state index contributed by atoms with van der Waals surface area (Å²) in [4.78, 5) is 12.6. The fraction of sp³-hybridized carbons (Fsp3) is 0.533. The van der Waals surface area contributed by atoms with Crippen molar-refractivity contribution in [1.82, 2.24) is 5.32 Å². The van der Waals surface area contributed by atoms with E-state index in [-0.39, 0.29) is 5.92 Å². The van der Waals surface area contributed by atoms with Crippen LogP contribution in [0.3, 0.4) is 0 Å². The number of hydrogen-bond donors (Lipinski definition) is 1. The molecule has 18 heavy (non-hydrogen) atoms. The summed E-state index contributed by atoms with van der Waals surface area (Å²) in [5.74, 6) is 1.24. The Kier molecular flexibility index (Phi) is 3.08. The summed E-state index contributed by atoms with van der Waals surface area (Å²) in [5.41, 5.74) is 2.05. The number of ether oxygens (including phenoxy) is 1. The maximum absolute atomic E-state index is 12.6. The molecule has 0 radical (unpaired) electrons. The fourth-order valence-electron chi connectivity index (χ4n) is 3.21. The number of ketones is 1. The van der Waals surface area contributed by atoms with E-state index in [0.29, 0.717) is 11.8 Å². The zero-order valence-electron chi connectivity index (χ0n) is 10.7. The van der Waals surface area contributed by atoms with E-state index in [9.17, 15) is 4.79 Å². The van der Waals surface area contributed by atoms with Crippen molar-refractivity contribution in [2.45, 2.75) is 31.7 Å². The second-order valence-corrected chi connectivity index (χ2v) is 5.24. The van der Waals surface area contributed by atoms with Gasteiger partial charge in [-0.3, -0.25) is 4.79 Å². The molecule has 1 aliphatic heterocycles. The van der Waals surface area contributed by atoms with Gasteiger partial charge in [-0.1, -0.05) is 6.07 Å². The highest BCUT2D eigenvalue weighted by atomic mass is 16.5. The summed E-state index contributed by atoms with van der Waals surface area (Å²) in [5, 5.41) is 3.46. The first-order valence-corrected chi connectivity index (χ1v) is 6.74. The van der Waals surface area contributed by atoms with Crippen LogP contribution in [0.2, 0.25) is 0 Å². The molecule has 2 unspecified atom stereocenters.